The number of aliphatic imine (C=N–C) groups is 1. The molecule has 0 amide bonds. The summed E-state index contributed by atoms with van der Waals surface area (Å²) >= 11 is 0. The fourth-order valence-corrected chi connectivity index (χ4v) is 1.87. The number of guanidine groups is 1. The van der Waals surface area contributed by atoms with Crippen molar-refractivity contribution in [1.82, 2.24) is 25.4 Å². The van der Waals surface area contributed by atoms with Crippen LogP contribution in [0.3, 0.4) is 0 Å². The molecule has 0 unspecified atom stereocenters. The van der Waals surface area contributed by atoms with E-state index in [2.05, 4.69) is 25.7 Å². The molecule has 0 spiro atoms. The Hall–Kier alpha value is -1.71. The van der Waals surface area contributed by atoms with Gasteiger partial charge in [0, 0.05) is 20.6 Å². The fraction of sp³-hybridized carbons (Fsp3) is 0.357. The number of hydrogen-bond donors (Lipinski definition) is 2. The molecule has 0 aliphatic carbocycles. The Morgan fingerprint density at radius 2 is 2.05 bits per heavy atom. The quantitative estimate of drug-likeness (QED) is 0.451. The maximum atomic E-state index is 13.2. The Morgan fingerprint density at radius 1 is 1.32 bits per heavy atom. The average Bonchev–Trinajstić information content (AvgIpc) is 2.88. The summed E-state index contributed by atoms with van der Waals surface area (Å²) in [5.74, 6) is 1.28. The molecule has 2 N–H and O–H groups in total. The van der Waals surface area contributed by atoms with Crippen molar-refractivity contribution in [2.75, 3.05) is 7.05 Å². The van der Waals surface area contributed by atoms with E-state index in [0.717, 1.165) is 11.4 Å². The molecule has 0 radical (unpaired) electrons. The van der Waals surface area contributed by atoms with Gasteiger partial charge < -0.3 is 10.6 Å². The number of halogens is 2. The monoisotopic (exact) mass is 418 g/mol. The minimum absolute atomic E-state index is 0. The van der Waals surface area contributed by atoms with Crippen LogP contribution in [0, 0.1) is 12.7 Å². The molecule has 22 heavy (non-hydrogen) atoms. The van der Waals surface area contributed by atoms with Crippen molar-refractivity contribution in [2.24, 2.45) is 12.0 Å². The summed E-state index contributed by atoms with van der Waals surface area (Å²) in [7, 11) is 3.53. The molecule has 1 heterocycles. The zero-order chi connectivity index (χ0) is 15.2. The van der Waals surface area contributed by atoms with Crippen LogP contribution in [0.4, 0.5) is 4.39 Å². The van der Waals surface area contributed by atoms with Gasteiger partial charge >= 0.3 is 0 Å². The molecule has 6 nitrogen and oxygen atoms in total. The first-order valence-corrected chi connectivity index (χ1v) is 6.62. The Bertz CT molecular complexity index is 640. The number of aromatic nitrogens is 3. The van der Waals surface area contributed by atoms with Crippen molar-refractivity contribution in [2.45, 2.75) is 20.0 Å². The predicted molar refractivity (Wildman–Crippen MR) is 94.6 cm³/mol. The third-order valence-corrected chi connectivity index (χ3v) is 3.13. The number of benzene rings is 1. The molecule has 0 fully saturated rings. The average molecular weight is 418 g/mol. The lowest BCUT2D eigenvalue weighted by molar-refractivity contribution is 0.617. The highest BCUT2D eigenvalue weighted by atomic mass is 127. The molecule has 0 saturated carbocycles. The van der Waals surface area contributed by atoms with E-state index in [1.165, 1.54) is 12.4 Å². The molecule has 120 valence electrons. The second-order valence-corrected chi connectivity index (χ2v) is 4.66. The largest absolute Gasteiger partial charge is 0.352 e. The Balaban J connectivity index is 0.00000242. The molecular weight excluding hydrogens is 398 g/mol. The molecule has 0 saturated heterocycles. The van der Waals surface area contributed by atoms with Crippen LogP contribution in [0.5, 0.6) is 0 Å². The van der Waals surface area contributed by atoms with Gasteiger partial charge in [0.05, 0.1) is 6.54 Å². The summed E-state index contributed by atoms with van der Waals surface area (Å²) in [6.45, 7) is 2.85. The van der Waals surface area contributed by atoms with E-state index in [1.54, 1.807) is 24.7 Å². The van der Waals surface area contributed by atoms with Crippen LogP contribution in [0.1, 0.15) is 17.0 Å². The van der Waals surface area contributed by atoms with Crippen LogP contribution in [0.25, 0.3) is 0 Å². The van der Waals surface area contributed by atoms with Gasteiger partial charge in [-0.3, -0.25) is 9.67 Å². The smallest absolute Gasteiger partial charge is 0.191 e. The predicted octanol–water partition coefficient (Wildman–Crippen LogP) is 1.75. The van der Waals surface area contributed by atoms with E-state index >= 15 is 0 Å². The normalized spacial score (nSPS) is 11.0. The van der Waals surface area contributed by atoms with Gasteiger partial charge in [0.15, 0.2) is 5.96 Å². The van der Waals surface area contributed by atoms with E-state index in [0.29, 0.717) is 24.6 Å². The summed E-state index contributed by atoms with van der Waals surface area (Å²) in [5.41, 5.74) is 1.63. The first-order valence-electron chi connectivity index (χ1n) is 6.62. The van der Waals surface area contributed by atoms with Crippen molar-refractivity contribution >= 4 is 29.9 Å². The van der Waals surface area contributed by atoms with Crippen molar-refractivity contribution < 1.29 is 4.39 Å². The molecule has 1 aromatic carbocycles. The van der Waals surface area contributed by atoms with E-state index in [-0.39, 0.29) is 29.8 Å². The SMILES string of the molecule is CN=C(NCc1ccc(F)c(C)c1)NCc1ncnn1C.I. The summed E-state index contributed by atoms with van der Waals surface area (Å²) in [5, 5.41) is 10.3. The number of aryl methyl sites for hydroxylation is 2. The van der Waals surface area contributed by atoms with Gasteiger partial charge in [0.2, 0.25) is 0 Å². The van der Waals surface area contributed by atoms with Gasteiger partial charge in [-0.1, -0.05) is 12.1 Å². The highest BCUT2D eigenvalue weighted by Crippen LogP contribution is 2.08. The van der Waals surface area contributed by atoms with Gasteiger partial charge in [0.25, 0.3) is 0 Å². The first kappa shape index (κ1) is 18.3. The van der Waals surface area contributed by atoms with Gasteiger partial charge in [0.1, 0.15) is 18.0 Å². The Kier molecular flexibility index (Phi) is 7.22. The van der Waals surface area contributed by atoms with Crippen molar-refractivity contribution in [3.05, 3.63) is 47.3 Å². The minimum atomic E-state index is -0.191. The van der Waals surface area contributed by atoms with Crippen molar-refractivity contribution in [1.29, 1.82) is 0 Å². The maximum Gasteiger partial charge on any atom is 0.191 e. The number of hydrogen-bond acceptors (Lipinski definition) is 3. The Labute approximate surface area is 146 Å². The van der Waals surface area contributed by atoms with Crippen LogP contribution >= 0.6 is 24.0 Å². The molecule has 8 heteroatoms. The lowest BCUT2D eigenvalue weighted by Gasteiger charge is -2.12. The third-order valence-electron chi connectivity index (χ3n) is 3.13. The van der Waals surface area contributed by atoms with Gasteiger partial charge in [-0.05, 0) is 24.1 Å². The highest BCUT2D eigenvalue weighted by molar-refractivity contribution is 14.0. The summed E-state index contributed by atoms with van der Waals surface area (Å²) in [4.78, 5) is 8.26. The molecule has 0 atom stereocenters. The van der Waals surface area contributed by atoms with Gasteiger partial charge in [-0.15, -0.1) is 24.0 Å². The van der Waals surface area contributed by atoms with Crippen LogP contribution in [-0.4, -0.2) is 27.8 Å². The standard InChI is InChI=1S/C14H19FN6.HI/c1-10-6-11(4-5-12(10)15)7-17-14(16-2)18-8-13-19-9-20-21(13)3;/h4-6,9H,7-8H2,1-3H3,(H2,16,17,18);1H. The highest BCUT2D eigenvalue weighted by Gasteiger charge is 2.04. The molecule has 1 aromatic heterocycles. The van der Waals surface area contributed by atoms with Crippen LogP contribution in [0.2, 0.25) is 0 Å². The molecule has 2 aromatic rings. The molecule has 0 aliphatic heterocycles. The summed E-state index contributed by atoms with van der Waals surface area (Å²) in [6, 6.07) is 5.05. The molecule has 0 bridgehead atoms. The van der Waals surface area contributed by atoms with Crippen LogP contribution in [-0.2, 0) is 20.1 Å². The van der Waals surface area contributed by atoms with Gasteiger partial charge in [-0.25, -0.2) is 9.37 Å². The third kappa shape index (κ3) is 4.93. The second-order valence-electron chi connectivity index (χ2n) is 4.66. The zero-order valence-electron chi connectivity index (χ0n) is 12.8. The van der Waals surface area contributed by atoms with Crippen LogP contribution in [0.15, 0.2) is 29.5 Å². The Morgan fingerprint density at radius 3 is 2.64 bits per heavy atom. The topological polar surface area (TPSA) is 67.1 Å². The maximum absolute atomic E-state index is 13.2. The second kappa shape index (κ2) is 8.66. The minimum Gasteiger partial charge on any atom is -0.352 e. The van der Waals surface area contributed by atoms with Crippen molar-refractivity contribution in [3.8, 4) is 0 Å². The number of nitrogens with one attached hydrogen (secondary N) is 2. The van der Waals surface area contributed by atoms with E-state index in [1.807, 2.05) is 13.1 Å². The number of nitrogens with zero attached hydrogens (tertiary/aromatic N) is 4. The lowest BCUT2D eigenvalue weighted by Crippen LogP contribution is -2.36. The van der Waals surface area contributed by atoms with E-state index < -0.39 is 0 Å². The lowest BCUT2D eigenvalue weighted by atomic mass is 10.1. The first-order chi connectivity index (χ1) is 10.1. The van der Waals surface area contributed by atoms with Crippen LogP contribution < -0.4 is 10.6 Å². The number of rotatable bonds is 4. The fourth-order valence-electron chi connectivity index (χ4n) is 1.87. The van der Waals surface area contributed by atoms with E-state index in [9.17, 15) is 4.39 Å². The van der Waals surface area contributed by atoms with E-state index in [4.69, 9.17) is 0 Å². The molecule has 2 rings (SSSR count). The summed E-state index contributed by atoms with van der Waals surface area (Å²) < 4.78 is 14.9. The molecule has 0 aliphatic rings. The zero-order valence-corrected chi connectivity index (χ0v) is 15.1. The molecular formula is C14H20FIN6. The summed E-state index contributed by atoms with van der Waals surface area (Å²) in [6.07, 6.45) is 1.51. The van der Waals surface area contributed by atoms with Gasteiger partial charge in [-0.2, -0.15) is 5.10 Å². The van der Waals surface area contributed by atoms with Crippen molar-refractivity contribution in [3.63, 3.8) is 0 Å².